The molecule has 6 nitrogen and oxygen atoms in total. The number of likely N-dealkylation sites (tertiary alicyclic amines) is 1. The lowest BCUT2D eigenvalue weighted by atomic mass is 10.1. The Kier molecular flexibility index (Phi) is 6.55. The van der Waals surface area contributed by atoms with E-state index in [-0.39, 0.29) is 18.3 Å². The number of methoxy groups -OCH3 is 1. The highest BCUT2D eigenvalue weighted by Crippen LogP contribution is 2.33. The fourth-order valence-electron chi connectivity index (χ4n) is 3.69. The van der Waals surface area contributed by atoms with Crippen LogP contribution in [-0.2, 0) is 7.05 Å². The van der Waals surface area contributed by atoms with Crippen LogP contribution in [0.2, 0.25) is 5.02 Å². The second kappa shape index (κ2) is 8.93. The van der Waals surface area contributed by atoms with Crippen LogP contribution in [0.3, 0.4) is 0 Å². The SMILES string of the molecule is COc1ccc(Cl)c(Nc2ncc(C(=O)N3CCCCC3)c3c2ccn3C)c1.Cl. The molecule has 154 valence electrons. The summed E-state index contributed by atoms with van der Waals surface area (Å²) in [7, 11) is 3.55. The van der Waals surface area contributed by atoms with E-state index in [0.29, 0.717) is 27.8 Å². The lowest BCUT2D eigenvalue weighted by Gasteiger charge is -2.27. The monoisotopic (exact) mass is 434 g/mol. The highest BCUT2D eigenvalue weighted by atomic mass is 35.5. The van der Waals surface area contributed by atoms with Crippen LogP contribution in [0.25, 0.3) is 10.9 Å². The van der Waals surface area contributed by atoms with Crippen molar-refractivity contribution >= 4 is 52.3 Å². The molecule has 8 heteroatoms. The summed E-state index contributed by atoms with van der Waals surface area (Å²) in [6.45, 7) is 1.62. The van der Waals surface area contributed by atoms with E-state index in [0.717, 1.165) is 36.8 Å². The highest BCUT2D eigenvalue weighted by Gasteiger charge is 2.23. The Morgan fingerprint density at radius 3 is 2.69 bits per heavy atom. The number of pyridine rings is 1. The number of aromatic nitrogens is 2. The molecule has 0 radical (unpaired) electrons. The van der Waals surface area contributed by atoms with Crippen molar-refractivity contribution in [3.63, 3.8) is 0 Å². The number of hydrogen-bond donors (Lipinski definition) is 1. The summed E-state index contributed by atoms with van der Waals surface area (Å²) < 4.78 is 7.25. The Hall–Kier alpha value is -2.44. The molecule has 1 amide bonds. The van der Waals surface area contributed by atoms with Crippen molar-refractivity contribution in [2.45, 2.75) is 19.3 Å². The largest absolute Gasteiger partial charge is 0.497 e. The summed E-state index contributed by atoms with van der Waals surface area (Å²) in [5.41, 5.74) is 2.20. The number of carbonyl (C=O) groups excluding carboxylic acids is 1. The molecule has 0 atom stereocenters. The van der Waals surface area contributed by atoms with Gasteiger partial charge in [0.15, 0.2) is 0 Å². The third-order valence-electron chi connectivity index (χ3n) is 5.21. The second-order valence-electron chi connectivity index (χ2n) is 7.03. The number of nitrogens with one attached hydrogen (secondary N) is 1. The normalized spacial score (nSPS) is 13.8. The van der Waals surface area contributed by atoms with Crippen LogP contribution in [0.1, 0.15) is 29.6 Å². The zero-order valence-corrected chi connectivity index (χ0v) is 18.0. The van der Waals surface area contributed by atoms with E-state index in [1.54, 1.807) is 25.4 Å². The standard InChI is InChI=1S/C21H23ClN4O2.ClH/c1-25-11-8-15-19(25)16(21(27)26-9-4-3-5-10-26)13-23-20(15)24-18-12-14(28-2)6-7-17(18)22;/h6-8,11-13H,3-5,9-10H2,1-2H3,(H,23,24);1H. The number of benzene rings is 1. The van der Waals surface area contributed by atoms with Crippen molar-refractivity contribution in [2.75, 3.05) is 25.5 Å². The van der Waals surface area contributed by atoms with E-state index in [1.807, 2.05) is 34.8 Å². The number of anilines is 2. The van der Waals surface area contributed by atoms with Crippen LogP contribution in [0.4, 0.5) is 11.5 Å². The molecule has 0 unspecified atom stereocenters. The molecule has 3 heterocycles. The molecule has 1 N–H and O–H groups in total. The van der Waals surface area contributed by atoms with Gasteiger partial charge < -0.3 is 19.5 Å². The van der Waals surface area contributed by atoms with Gasteiger partial charge in [-0.15, -0.1) is 12.4 Å². The Morgan fingerprint density at radius 1 is 1.21 bits per heavy atom. The average Bonchev–Trinajstić information content (AvgIpc) is 3.12. The molecule has 1 fully saturated rings. The first kappa shape index (κ1) is 21.3. The smallest absolute Gasteiger partial charge is 0.257 e. The molecule has 1 aliphatic rings. The van der Waals surface area contributed by atoms with Gasteiger partial charge in [0.2, 0.25) is 0 Å². The molecular weight excluding hydrogens is 411 g/mol. The first-order valence-corrected chi connectivity index (χ1v) is 9.80. The van der Waals surface area contributed by atoms with E-state index in [9.17, 15) is 4.79 Å². The van der Waals surface area contributed by atoms with E-state index in [2.05, 4.69) is 10.3 Å². The molecule has 1 aliphatic heterocycles. The molecule has 2 aromatic heterocycles. The van der Waals surface area contributed by atoms with Crippen molar-refractivity contribution in [3.05, 3.63) is 47.2 Å². The van der Waals surface area contributed by atoms with Gasteiger partial charge in [0.05, 0.1) is 28.9 Å². The molecule has 1 saturated heterocycles. The topological polar surface area (TPSA) is 59.4 Å². The molecule has 29 heavy (non-hydrogen) atoms. The predicted octanol–water partition coefficient (Wildman–Crippen LogP) is 5.03. The van der Waals surface area contributed by atoms with Gasteiger partial charge in [0.25, 0.3) is 5.91 Å². The van der Waals surface area contributed by atoms with Gasteiger partial charge in [-0.3, -0.25) is 4.79 Å². The first-order chi connectivity index (χ1) is 13.6. The van der Waals surface area contributed by atoms with Crippen molar-refractivity contribution in [2.24, 2.45) is 7.05 Å². The lowest BCUT2D eigenvalue weighted by Crippen LogP contribution is -2.35. The molecule has 4 rings (SSSR count). The minimum absolute atomic E-state index is 0. The fraction of sp³-hybridized carbons (Fsp3) is 0.333. The molecule has 0 spiro atoms. The maximum Gasteiger partial charge on any atom is 0.257 e. The van der Waals surface area contributed by atoms with Crippen LogP contribution in [-0.4, -0.2) is 40.6 Å². The van der Waals surface area contributed by atoms with Gasteiger partial charge in [0, 0.05) is 44.0 Å². The van der Waals surface area contributed by atoms with Gasteiger partial charge in [-0.25, -0.2) is 4.98 Å². The molecule has 0 saturated carbocycles. The summed E-state index contributed by atoms with van der Waals surface area (Å²) in [4.78, 5) is 19.6. The number of fused-ring (bicyclic) bond motifs is 1. The number of aryl methyl sites for hydroxylation is 1. The summed E-state index contributed by atoms with van der Waals surface area (Å²) in [6.07, 6.45) is 6.91. The Balaban J connectivity index is 0.00000240. The number of hydrogen-bond acceptors (Lipinski definition) is 4. The highest BCUT2D eigenvalue weighted by molar-refractivity contribution is 6.33. The fourth-order valence-corrected chi connectivity index (χ4v) is 3.86. The van der Waals surface area contributed by atoms with Crippen molar-refractivity contribution in [1.82, 2.24) is 14.5 Å². The number of halogens is 2. The van der Waals surface area contributed by atoms with Gasteiger partial charge in [-0.1, -0.05) is 11.6 Å². The van der Waals surface area contributed by atoms with Crippen LogP contribution in [0, 0.1) is 0 Å². The van der Waals surface area contributed by atoms with E-state index >= 15 is 0 Å². The number of carbonyl (C=O) groups is 1. The Bertz CT molecular complexity index is 1030. The average molecular weight is 435 g/mol. The first-order valence-electron chi connectivity index (χ1n) is 9.42. The number of piperidine rings is 1. The zero-order chi connectivity index (χ0) is 19.7. The number of rotatable bonds is 4. The summed E-state index contributed by atoms with van der Waals surface area (Å²) in [6, 6.07) is 7.37. The van der Waals surface area contributed by atoms with E-state index < -0.39 is 0 Å². The molecule has 1 aromatic carbocycles. The second-order valence-corrected chi connectivity index (χ2v) is 7.44. The van der Waals surface area contributed by atoms with Crippen LogP contribution < -0.4 is 10.1 Å². The summed E-state index contributed by atoms with van der Waals surface area (Å²) in [5.74, 6) is 1.40. The van der Waals surface area contributed by atoms with Gasteiger partial charge in [-0.2, -0.15) is 0 Å². The summed E-state index contributed by atoms with van der Waals surface area (Å²) >= 11 is 6.33. The van der Waals surface area contributed by atoms with Crippen molar-refractivity contribution in [1.29, 1.82) is 0 Å². The Labute approximate surface area is 181 Å². The molecule has 0 aliphatic carbocycles. The van der Waals surface area contributed by atoms with Crippen molar-refractivity contribution < 1.29 is 9.53 Å². The van der Waals surface area contributed by atoms with Crippen LogP contribution >= 0.6 is 24.0 Å². The third kappa shape index (κ3) is 4.14. The minimum Gasteiger partial charge on any atom is -0.497 e. The third-order valence-corrected chi connectivity index (χ3v) is 5.54. The number of amides is 1. The maximum atomic E-state index is 13.1. The van der Waals surface area contributed by atoms with E-state index in [4.69, 9.17) is 16.3 Å². The van der Waals surface area contributed by atoms with Crippen molar-refractivity contribution in [3.8, 4) is 5.75 Å². The van der Waals surface area contributed by atoms with Gasteiger partial charge in [0.1, 0.15) is 11.6 Å². The Morgan fingerprint density at radius 2 is 1.97 bits per heavy atom. The molecular formula is C21H24Cl2N4O2. The van der Waals surface area contributed by atoms with Gasteiger partial charge in [-0.05, 0) is 37.5 Å². The number of nitrogens with zero attached hydrogens (tertiary/aromatic N) is 3. The van der Waals surface area contributed by atoms with Crippen LogP contribution in [0.5, 0.6) is 5.75 Å². The van der Waals surface area contributed by atoms with Crippen LogP contribution in [0.15, 0.2) is 36.7 Å². The summed E-state index contributed by atoms with van der Waals surface area (Å²) in [5, 5.41) is 4.74. The zero-order valence-electron chi connectivity index (χ0n) is 16.4. The molecule has 3 aromatic rings. The minimum atomic E-state index is 0. The predicted molar refractivity (Wildman–Crippen MR) is 119 cm³/mol. The maximum absolute atomic E-state index is 13.1. The quantitative estimate of drug-likeness (QED) is 0.625. The lowest BCUT2D eigenvalue weighted by molar-refractivity contribution is 0.0725. The molecule has 0 bridgehead atoms. The van der Waals surface area contributed by atoms with E-state index in [1.165, 1.54) is 6.42 Å². The van der Waals surface area contributed by atoms with Gasteiger partial charge >= 0.3 is 0 Å². The number of ether oxygens (including phenoxy) is 1.